The number of benzene rings is 1. The van der Waals surface area contributed by atoms with Crippen LogP contribution >= 0.6 is 32.5 Å². The van der Waals surface area contributed by atoms with E-state index in [2.05, 4.69) is 10.8 Å². The van der Waals surface area contributed by atoms with E-state index in [1.54, 1.807) is 15.8 Å². The predicted octanol–water partition coefficient (Wildman–Crippen LogP) is 3.29. The largest absolute Gasteiger partial charge is 0.394 e. The van der Waals surface area contributed by atoms with Gasteiger partial charge < -0.3 is 15.3 Å². The lowest BCUT2D eigenvalue weighted by atomic mass is 10.1. The Kier molecular flexibility index (Phi) is 11.5. The van der Waals surface area contributed by atoms with Crippen molar-refractivity contribution in [3.8, 4) is 0 Å². The third kappa shape index (κ3) is 7.88. The minimum Gasteiger partial charge on any atom is -0.394 e. The summed E-state index contributed by atoms with van der Waals surface area (Å²) in [5, 5.41) is 11.2. The molecule has 0 aliphatic carbocycles. The van der Waals surface area contributed by atoms with Crippen LogP contribution in [0.2, 0.25) is 0 Å². The van der Waals surface area contributed by atoms with Crippen molar-refractivity contribution in [2.75, 3.05) is 37.1 Å². The number of allylic oxidation sites excluding steroid dienone is 2. The highest BCUT2D eigenvalue weighted by Crippen LogP contribution is 2.29. The molecule has 1 heterocycles. The fraction of sp³-hybridized carbons (Fsp3) is 0.368. The van der Waals surface area contributed by atoms with Gasteiger partial charge in [-0.3, -0.25) is 9.63 Å². The Morgan fingerprint density at radius 3 is 2.74 bits per heavy atom. The Morgan fingerprint density at radius 2 is 2.03 bits per heavy atom. The summed E-state index contributed by atoms with van der Waals surface area (Å²) in [6.07, 6.45) is 4.15. The van der Waals surface area contributed by atoms with Crippen LogP contribution in [-0.2, 0) is 16.2 Å². The molecule has 172 valence electrons. The summed E-state index contributed by atoms with van der Waals surface area (Å²) in [6, 6.07) is 1.12. The van der Waals surface area contributed by atoms with Gasteiger partial charge in [-0.05, 0) is 34.7 Å². The average molecular weight is 573 g/mol. The molecule has 0 saturated carbocycles. The summed E-state index contributed by atoms with van der Waals surface area (Å²) in [7, 11) is 0. The Bertz CT molecular complexity index is 868. The van der Waals surface area contributed by atoms with Crippen LogP contribution in [0.3, 0.4) is 0 Å². The summed E-state index contributed by atoms with van der Waals surface area (Å²) < 4.78 is 46.7. The summed E-state index contributed by atoms with van der Waals surface area (Å²) in [5.74, 6) is -3.16. The van der Waals surface area contributed by atoms with E-state index in [-0.39, 0.29) is 36.6 Å². The maximum Gasteiger partial charge on any atom is 0.277 e. The van der Waals surface area contributed by atoms with Crippen molar-refractivity contribution >= 4 is 48.1 Å². The number of thioether (sulfide) groups is 1. The fourth-order valence-electron chi connectivity index (χ4n) is 2.37. The molecule has 7 nitrogen and oxygen atoms in total. The van der Waals surface area contributed by atoms with E-state index in [0.717, 1.165) is 18.2 Å². The van der Waals surface area contributed by atoms with Crippen LogP contribution in [0.25, 0.3) is 0 Å². The van der Waals surface area contributed by atoms with Crippen LogP contribution in [0.1, 0.15) is 22.3 Å². The minimum atomic E-state index is -1.34. The second-order valence-corrected chi connectivity index (χ2v) is 9.07. The molecule has 0 saturated heterocycles. The molecule has 4 N–H and O–H groups in total. The van der Waals surface area contributed by atoms with Crippen molar-refractivity contribution in [3.05, 3.63) is 50.5 Å². The van der Waals surface area contributed by atoms with Crippen LogP contribution in [0.15, 0.2) is 27.7 Å². The zero-order valence-electron chi connectivity index (χ0n) is 16.6. The van der Waals surface area contributed by atoms with Crippen molar-refractivity contribution in [2.45, 2.75) is 13.0 Å². The summed E-state index contributed by atoms with van der Waals surface area (Å²) in [4.78, 5) is 22.5. The van der Waals surface area contributed by atoms with Gasteiger partial charge in [-0.2, -0.15) is 17.2 Å². The minimum absolute atomic E-state index is 0.0856. The van der Waals surface area contributed by atoms with E-state index >= 15 is 0 Å². The highest BCUT2D eigenvalue weighted by molar-refractivity contribution is 14.2. The molecule has 0 atom stereocenters. The van der Waals surface area contributed by atoms with Crippen LogP contribution in [-0.4, -0.2) is 46.9 Å². The molecule has 1 amide bonds. The van der Waals surface area contributed by atoms with Gasteiger partial charge in [-0.1, -0.05) is 20.7 Å². The number of aliphatic hydroxyl groups is 1. The van der Waals surface area contributed by atoms with Gasteiger partial charge in [0.1, 0.15) is 0 Å². The first-order valence-electron chi connectivity index (χ1n) is 9.15. The van der Waals surface area contributed by atoms with Crippen LogP contribution in [0.4, 0.5) is 18.9 Å². The van der Waals surface area contributed by atoms with E-state index in [9.17, 15) is 18.0 Å². The van der Waals surface area contributed by atoms with Crippen LogP contribution < -0.4 is 16.3 Å². The highest BCUT2D eigenvalue weighted by Gasteiger charge is 2.24. The lowest BCUT2D eigenvalue weighted by Crippen LogP contribution is -2.27. The van der Waals surface area contributed by atoms with Crippen molar-refractivity contribution in [2.24, 2.45) is 0 Å². The Morgan fingerprint density at radius 1 is 1.23 bits per heavy atom. The number of halogens is 4. The standard InChI is InChI=1S/C19H23F3IN3O4S/c1-31-8-2-6-29-24-11-12-9-13(19(28)26-30-7-5-27)18(17(22)16(12)21)25-15-3-4-23-10-14(15)20/h3-4,9-10,24-25,27H,2,5-8,11H2,1H3,(H,26,28). The quantitative estimate of drug-likeness (QED) is 0.164. The summed E-state index contributed by atoms with van der Waals surface area (Å²) >= 11 is 1.07. The SMILES string of the molecule is CSCCCONCc1cc(C(=O)NOCCO)c(NC2=C(F)C=IC=C2)c(F)c1F. The maximum absolute atomic E-state index is 14.9. The molecule has 2 rings (SSSR count). The molecule has 31 heavy (non-hydrogen) atoms. The van der Waals surface area contributed by atoms with Gasteiger partial charge in [0.05, 0.1) is 36.8 Å². The second-order valence-electron chi connectivity index (χ2n) is 6.02. The normalized spacial score (nSPS) is 13.3. The molecule has 0 aromatic heterocycles. The molecule has 0 bridgehead atoms. The van der Waals surface area contributed by atoms with Gasteiger partial charge in [-0.25, -0.2) is 18.7 Å². The molecule has 0 radical (unpaired) electrons. The molecule has 0 unspecified atom stereocenters. The van der Waals surface area contributed by atoms with E-state index in [4.69, 9.17) is 14.8 Å². The van der Waals surface area contributed by atoms with Crippen molar-refractivity contribution in [3.63, 3.8) is 0 Å². The van der Waals surface area contributed by atoms with Gasteiger partial charge in [0.25, 0.3) is 5.91 Å². The molecular weight excluding hydrogens is 550 g/mol. The highest BCUT2D eigenvalue weighted by atomic mass is 127. The Labute approximate surface area is 192 Å². The topological polar surface area (TPSA) is 91.9 Å². The number of anilines is 1. The zero-order valence-corrected chi connectivity index (χ0v) is 19.6. The fourth-order valence-corrected chi connectivity index (χ4v) is 4.20. The first-order valence-corrected chi connectivity index (χ1v) is 13.0. The molecule has 1 aliphatic heterocycles. The smallest absolute Gasteiger partial charge is 0.277 e. The molecule has 0 fully saturated rings. The first kappa shape index (κ1) is 25.8. The number of amides is 1. The number of carbonyl (C=O) groups excluding carboxylic acids is 1. The van der Waals surface area contributed by atoms with Gasteiger partial charge in [0.2, 0.25) is 0 Å². The van der Waals surface area contributed by atoms with Gasteiger partial charge >= 0.3 is 0 Å². The van der Waals surface area contributed by atoms with E-state index in [1.165, 1.54) is 10.1 Å². The van der Waals surface area contributed by atoms with Crippen molar-refractivity contribution < 1.29 is 32.7 Å². The molecule has 12 heteroatoms. The zero-order chi connectivity index (χ0) is 22.6. The van der Waals surface area contributed by atoms with Gasteiger partial charge in [-0.15, -0.1) is 0 Å². The number of rotatable bonds is 13. The number of nitrogens with one attached hydrogen (secondary N) is 3. The molecular formula is C19H23F3IN3O4S. The van der Waals surface area contributed by atoms with Gasteiger partial charge in [0.15, 0.2) is 17.5 Å². The van der Waals surface area contributed by atoms with Crippen molar-refractivity contribution in [1.29, 1.82) is 0 Å². The third-order valence-electron chi connectivity index (χ3n) is 3.82. The number of hydrogen-bond acceptors (Lipinski definition) is 7. The molecule has 1 aromatic carbocycles. The summed E-state index contributed by atoms with van der Waals surface area (Å²) in [5.41, 5.74) is 3.50. The number of hydrogen-bond donors (Lipinski definition) is 4. The lowest BCUT2D eigenvalue weighted by Gasteiger charge is -2.17. The first-order chi connectivity index (χ1) is 15.0. The maximum atomic E-state index is 14.9. The number of carbonyl (C=O) groups is 1. The Balaban J connectivity index is 2.27. The van der Waals surface area contributed by atoms with Gasteiger partial charge in [0, 0.05) is 16.1 Å². The van der Waals surface area contributed by atoms with E-state index < -0.39 is 49.8 Å². The Hall–Kier alpha value is -1.45. The third-order valence-corrected chi connectivity index (χ3v) is 6.20. The second kappa shape index (κ2) is 13.9. The average Bonchev–Trinajstić information content (AvgIpc) is 2.76. The molecule has 1 aromatic rings. The monoisotopic (exact) mass is 573 g/mol. The lowest BCUT2D eigenvalue weighted by molar-refractivity contribution is 0.0168. The predicted molar refractivity (Wildman–Crippen MR) is 124 cm³/mol. The molecule has 1 aliphatic rings. The van der Waals surface area contributed by atoms with E-state index in [0.29, 0.717) is 6.61 Å². The summed E-state index contributed by atoms with van der Waals surface area (Å²) in [6.45, 7) is -0.368. The van der Waals surface area contributed by atoms with Crippen LogP contribution in [0.5, 0.6) is 0 Å². The van der Waals surface area contributed by atoms with Crippen molar-refractivity contribution in [1.82, 2.24) is 11.0 Å². The van der Waals surface area contributed by atoms with Crippen LogP contribution in [0, 0.1) is 11.6 Å². The number of aliphatic hydroxyl groups excluding tert-OH is 1. The van der Waals surface area contributed by atoms with E-state index in [1.807, 2.05) is 11.7 Å². The number of hydroxylamine groups is 2. The molecule has 0 spiro atoms.